The molecule has 2 N–H and O–H groups in total. The number of ether oxygens (including phenoxy) is 1. The van der Waals surface area contributed by atoms with Crippen LogP contribution >= 0.6 is 11.6 Å². The lowest BCUT2D eigenvalue weighted by Crippen LogP contribution is -2.54. The second-order valence-electron chi connectivity index (χ2n) is 10.5. The number of rotatable bonds is 6. The second kappa shape index (κ2) is 8.71. The smallest absolute Gasteiger partial charge is 0.263 e. The Bertz CT molecular complexity index is 1280. The highest BCUT2D eigenvalue weighted by Gasteiger charge is 2.48. The average Bonchev–Trinajstić information content (AvgIpc) is 2.88. The van der Waals surface area contributed by atoms with Crippen LogP contribution in [0.1, 0.15) is 61.9 Å². The highest BCUT2D eigenvalue weighted by Crippen LogP contribution is 2.54. The van der Waals surface area contributed by atoms with E-state index in [0.717, 1.165) is 45.8 Å². The Morgan fingerprint density at radius 2 is 1.89 bits per heavy atom. The van der Waals surface area contributed by atoms with Gasteiger partial charge in [0.15, 0.2) is 18.2 Å². The van der Waals surface area contributed by atoms with Crippen molar-refractivity contribution >= 4 is 34.4 Å². The molecule has 3 aliphatic carbocycles. The van der Waals surface area contributed by atoms with E-state index >= 15 is 0 Å². The van der Waals surface area contributed by atoms with Crippen molar-refractivity contribution in [2.75, 3.05) is 11.9 Å². The number of aryl methyl sites for hydroxylation is 2. The largest absolute Gasteiger partial charge is 0.480 e. The van der Waals surface area contributed by atoms with Crippen LogP contribution in [-0.4, -0.2) is 33.0 Å². The first-order valence-corrected chi connectivity index (χ1v) is 12.9. The van der Waals surface area contributed by atoms with Crippen LogP contribution in [0.2, 0.25) is 5.02 Å². The van der Waals surface area contributed by atoms with Crippen LogP contribution in [0, 0.1) is 12.3 Å². The van der Waals surface area contributed by atoms with Gasteiger partial charge in [-0.1, -0.05) is 11.6 Å². The van der Waals surface area contributed by atoms with Crippen molar-refractivity contribution in [1.29, 1.82) is 0 Å². The molecule has 4 aliphatic rings. The summed E-state index contributed by atoms with van der Waals surface area (Å²) >= 11 is 6.60. The van der Waals surface area contributed by atoms with Crippen molar-refractivity contribution in [2.45, 2.75) is 70.4 Å². The summed E-state index contributed by atoms with van der Waals surface area (Å²) in [5.41, 5.74) is 5.51. The maximum atomic E-state index is 11.6. The quantitative estimate of drug-likeness (QED) is 0.496. The molecule has 7 rings (SSSR count). The van der Waals surface area contributed by atoms with Crippen molar-refractivity contribution in [1.82, 2.24) is 20.3 Å². The molecule has 3 fully saturated rings. The van der Waals surface area contributed by atoms with E-state index in [1.165, 1.54) is 38.5 Å². The molecule has 2 bridgehead atoms. The van der Waals surface area contributed by atoms with Gasteiger partial charge in [0.25, 0.3) is 5.91 Å². The number of nitrogens with one attached hydrogen (secondary N) is 2. The number of hydrogen-bond acceptors (Lipinski definition) is 6. The van der Waals surface area contributed by atoms with Crippen molar-refractivity contribution in [3.63, 3.8) is 0 Å². The second-order valence-corrected chi connectivity index (χ2v) is 10.9. The molecule has 0 spiro atoms. The Kier molecular flexibility index (Phi) is 5.65. The number of amides is 1. The van der Waals surface area contributed by atoms with Gasteiger partial charge in [0, 0.05) is 29.5 Å². The van der Waals surface area contributed by atoms with E-state index in [4.69, 9.17) is 21.3 Å². The van der Waals surface area contributed by atoms with Gasteiger partial charge in [-0.25, -0.2) is 4.98 Å². The number of halogens is 1. The van der Waals surface area contributed by atoms with E-state index in [0.29, 0.717) is 23.5 Å². The van der Waals surface area contributed by atoms with Crippen LogP contribution in [0.5, 0.6) is 5.75 Å². The van der Waals surface area contributed by atoms with Gasteiger partial charge in [-0.15, -0.1) is 0 Å². The topological polar surface area (TPSA) is 89.0 Å². The van der Waals surface area contributed by atoms with Gasteiger partial charge in [-0.05, 0) is 88.0 Å². The molecule has 3 aromatic rings. The molecule has 0 radical (unpaired) electrons. The molecule has 182 valence electrons. The standard InChI is InChI=1S/C27H30ClN5O2/c1-17-2-4-21-24(31-17)19(20(28)15-29-21)6-7-26-8-11-27(12-9-26,13-10-26)30-14-18-3-5-22-25(32-18)33-23(34)16-35-22/h2-5,15,30H,6-14,16H2,1H3,(H,32,33,34). The average molecular weight is 492 g/mol. The van der Waals surface area contributed by atoms with Gasteiger partial charge in [0.2, 0.25) is 0 Å². The molecule has 0 saturated heterocycles. The molecule has 0 unspecified atom stereocenters. The highest BCUT2D eigenvalue weighted by atomic mass is 35.5. The van der Waals surface area contributed by atoms with E-state index in [9.17, 15) is 4.79 Å². The van der Waals surface area contributed by atoms with Gasteiger partial charge in [-0.2, -0.15) is 0 Å². The van der Waals surface area contributed by atoms with Gasteiger partial charge >= 0.3 is 0 Å². The van der Waals surface area contributed by atoms with Gasteiger partial charge < -0.3 is 15.4 Å². The molecule has 3 saturated carbocycles. The van der Waals surface area contributed by atoms with Crippen molar-refractivity contribution in [2.24, 2.45) is 5.41 Å². The van der Waals surface area contributed by atoms with E-state index < -0.39 is 0 Å². The number of aromatic nitrogens is 3. The summed E-state index contributed by atoms with van der Waals surface area (Å²) in [6.45, 7) is 2.76. The van der Waals surface area contributed by atoms with Gasteiger partial charge in [0.05, 0.1) is 21.7 Å². The fourth-order valence-electron chi connectivity index (χ4n) is 6.11. The molecule has 3 aromatic heterocycles. The lowest BCUT2D eigenvalue weighted by molar-refractivity contribution is -0.118. The van der Waals surface area contributed by atoms with Crippen LogP contribution in [0.25, 0.3) is 11.0 Å². The first-order chi connectivity index (χ1) is 16.9. The predicted octanol–water partition coefficient (Wildman–Crippen LogP) is 5.13. The molecule has 8 heteroatoms. The summed E-state index contributed by atoms with van der Waals surface area (Å²) in [5, 5.41) is 7.36. The first-order valence-electron chi connectivity index (χ1n) is 12.5. The third kappa shape index (κ3) is 4.36. The van der Waals surface area contributed by atoms with E-state index in [1.54, 1.807) is 6.20 Å². The number of carbonyl (C=O) groups is 1. The molecule has 4 heterocycles. The normalized spacial score (nSPS) is 25.3. The summed E-state index contributed by atoms with van der Waals surface area (Å²) in [7, 11) is 0. The summed E-state index contributed by atoms with van der Waals surface area (Å²) in [6, 6.07) is 7.92. The van der Waals surface area contributed by atoms with Gasteiger partial charge in [-0.3, -0.25) is 14.8 Å². The Morgan fingerprint density at radius 3 is 2.69 bits per heavy atom. The fraction of sp³-hybridized carbons (Fsp3) is 0.481. The Hall–Kier alpha value is -2.77. The van der Waals surface area contributed by atoms with Crippen molar-refractivity contribution in [3.05, 3.63) is 52.4 Å². The Labute approximate surface area is 210 Å². The number of pyridine rings is 3. The van der Waals surface area contributed by atoms with E-state index in [2.05, 4.69) is 20.6 Å². The summed E-state index contributed by atoms with van der Waals surface area (Å²) < 4.78 is 5.42. The number of carbonyl (C=O) groups excluding carboxylic acids is 1. The molecular weight excluding hydrogens is 462 g/mol. The first kappa shape index (κ1) is 22.7. The molecular formula is C27H30ClN5O2. The SMILES string of the molecule is Cc1ccc2ncc(Cl)c(CCC34CCC(NCc5ccc6c(n5)NC(=O)CO6)(CC3)CC4)c2n1. The molecule has 0 aromatic carbocycles. The number of anilines is 1. The number of nitrogens with zero attached hydrogens (tertiary/aromatic N) is 3. The third-order valence-electron chi connectivity index (χ3n) is 8.39. The minimum absolute atomic E-state index is 0.0525. The maximum absolute atomic E-state index is 11.6. The zero-order valence-electron chi connectivity index (χ0n) is 20.0. The Morgan fingerprint density at radius 1 is 1.09 bits per heavy atom. The molecule has 1 aliphatic heterocycles. The van der Waals surface area contributed by atoms with E-state index in [1.807, 2.05) is 31.2 Å². The molecule has 1 amide bonds. The lowest BCUT2D eigenvalue weighted by atomic mass is 9.55. The molecule has 7 nitrogen and oxygen atoms in total. The van der Waals surface area contributed by atoms with Crippen LogP contribution < -0.4 is 15.4 Å². The maximum Gasteiger partial charge on any atom is 0.263 e. The minimum atomic E-state index is -0.156. The van der Waals surface area contributed by atoms with Crippen LogP contribution in [0.3, 0.4) is 0 Å². The van der Waals surface area contributed by atoms with Gasteiger partial charge in [0.1, 0.15) is 0 Å². The fourth-order valence-corrected chi connectivity index (χ4v) is 6.34. The summed E-state index contributed by atoms with van der Waals surface area (Å²) in [4.78, 5) is 25.4. The van der Waals surface area contributed by atoms with Crippen LogP contribution in [0.15, 0.2) is 30.5 Å². The number of fused-ring (bicyclic) bond motifs is 5. The summed E-state index contributed by atoms with van der Waals surface area (Å²) in [5.74, 6) is 1.01. The minimum Gasteiger partial charge on any atom is -0.480 e. The van der Waals surface area contributed by atoms with Crippen molar-refractivity contribution in [3.8, 4) is 5.75 Å². The van der Waals surface area contributed by atoms with Crippen LogP contribution in [0.4, 0.5) is 5.82 Å². The monoisotopic (exact) mass is 491 g/mol. The zero-order valence-corrected chi connectivity index (χ0v) is 20.7. The summed E-state index contributed by atoms with van der Waals surface area (Å²) in [6.07, 6.45) is 11.1. The molecule has 35 heavy (non-hydrogen) atoms. The number of hydrogen-bond donors (Lipinski definition) is 2. The highest BCUT2D eigenvalue weighted by molar-refractivity contribution is 6.32. The zero-order chi connectivity index (χ0) is 24.0. The van der Waals surface area contributed by atoms with Crippen molar-refractivity contribution < 1.29 is 9.53 Å². The lowest BCUT2D eigenvalue weighted by Gasteiger charge is -2.54. The van der Waals surface area contributed by atoms with E-state index in [-0.39, 0.29) is 18.1 Å². The molecule has 0 atom stereocenters. The Balaban J connectivity index is 1.10. The van der Waals surface area contributed by atoms with Crippen LogP contribution in [-0.2, 0) is 17.8 Å². The third-order valence-corrected chi connectivity index (χ3v) is 8.71. The predicted molar refractivity (Wildman–Crippen MR) is 136 cm³/mol.